The van der Waals surface area contributed by atoms with Gasteiger partial charge in [-0.3, -0.25) is 4.79 Å². The molecule has 5 nitrogen and oxygen atoms in total. The van der Waals surface area contributed by atoms with Crippen molar-refractivity contribution in [3.8, 4) is 0 Å². The summed E-state index contributed by atoms with van der Waals surface area (Å²) in [6.07, 6.45) is 6.82. The molecule has 0 radical (unpaired) electrons. The van der Waals surface area contributed by atoms with Crippen molar-refractivity contribution < 1.29 is 4.79 Å². The predicted molar refractivity (Wildman–Crippen MR) is 95.2 cm³/mol. The molecule has 1 aromatic carbocycles. The highest BCUT2D eigenvalue weighted by molar-refractivity contribution is 5.90. The second-order valence-electron chi connectivity index (χ2n) is 6.26. The number of rotatable bonds is 5. The average molecular weight is 335 g/mol. The lowest BCUT2D eigenvalue weighted by molar-refractivity contribution is -0.122. The Morgan fingerprint density at radius 1 is 1.30 bits per heavy atom. The average Bonchev–Trinajstić information content (AvgIpc) is 2.89. The van der Waals surface area contributed by atoms with Gasteiger partial charge >= 0.3 is 0 Å². The summed E-state index contributed by atoms with van der Waals surface area (Å²) in [6, 6.07) is 6.16. The second kappa shape index (κ2) is 7.13. The number of imidazole rings is 1. The molecule has 1 aromatic heterocycles. The number of carbonyl (C=O) groups is 1. The van der Waals surface area contributed by atoms with Gasteiger partial charge in [-0.2, -0.15) is 5.10 Å². The Kier molecular flexibility index (Phi) is 5.42. The molecular formula is C17H23ClN4O. The molecule has 0 saturated heterocycles. The summed E-state index contributed by atoms with van der Waals surface area (Å²) in [5.41, 5.74) is 5.23. The fourth-order valence-corrected chi connectivity index (χ4v) is 2.92. The summed E-state index contributed by atoms with van der Waals surface area (Å²) in [5.74, 6) is 0.996. The minimum absolute atomic E-state index is 0. The van der Waals surface area contributed by atoms with E-state index in [1.807, 2.05) is 25.3 Å². The number of nitrogens with zero attached hydrogens (tertiary/aromatic N) is 2. The van der Waals surface area contributed by atoms with Crippen LogP contribution in [0.1, 0.15) is 50.9 Å². The number of aromatic amines is 1. The van der Waals surface area contributed by atoms with Crippen LogP contribution in [0.3, 0.4) is 0 Å². The molecule has 1 unspecified atom stereocenters. The normalized spacial score (nSPS) is 20.3. The Bertz CT molecular complexity index is 724. The monoisotopic (exact) mass is 334 g/mol. The number of fused-ring (bicyclic) bond motifs is 1. The number of unbranched alkanes of at least 4 members (excludes halogenated alkanes) is 2. The maximum absolute atomic E-state index is 11.6. The third-order valence-corrected chi connectivity index (χ3v) is 4.27. The minimum Gasteiger partial charge on any atom is -0.342 e. The molecule has 1 aliphatic heterocycles. The van der Waals surface area contributed by atoms with E-state index in [2.05, 4.69) is 33.5 Å². The van der Waals surface area contributed by atoms with Crippen LogP contribution in [-0.4, -0.2) is 22.1 Å². The van der Waals surface area contributed by atoms with Crippen molar-refractivity contribution in [1.29, 1.82) is 0 Å². The Morgan fingerprint density at radius 3 is 2.87 bits per heavy atom. The molecule has 1 amide bonds. The fourth-order valence-electron chi connectivity index (χ4n) is 2.92. The molecule has 23 heavy (non-hydrogen) atoms. The van der Waals surface area contributed by atoms with Gasteiger partial charge in [-0.15, -0.1) is 12.4 Å². The molecule has 0 aliphatic carbocycles. The lowest BCUT2D eigenvalue weighted by Crippen LogP contribution is -2.37. The molecule has 2 N–H and O–H groups in total. The summed E-state index contributed by atoms with van der Waals surface area (Å²) < 4.78 is 0. The van der Waals surface area contributed by atoms with Gasteiger partial charge in [0.2, 0.25) is 5.91 Å². The third kappa shape index (κ3) is 3.72. The molecule has 6 heteroatoms. The topological polar surface area (TPSA) is 70.1 Å². The predicted octanol–water partition coefficient (Wildman–Crippen LogP) is 3.48. The Morgan fingerprint density at radius 2 is 2.13 bits per heavy atom. The first-order valence-electron chi connectivity index (χ1n) is 7.93. The van der Waals surface area contributed by atoms with Gasteiger partial charge in [-0.1, -0.05) is 25.8 Å². The maximum Gasteiger partial charge on any atom is 0.241 e. The van der Waals surface area contributed by atoms with E-state index in [-0.39, 0.29) is 23.7 Å². The number of benzene rings is 1. The summed E-state index contributed by atoms with van der Waals surface area (Å²) in [4.78, 5) is 19.7. The highest BCUT2D eigenvalue weighted by Gasteiger charge is 2.31. The lowest BCUT2D eigenvalue weighted by atomic mass is 9.79. The minimum atomic E-state index is -0.357. The van der Waals surface area contributed by atoms with Crippen molar-refractivity contribution in [3.05, 3.63) is 29.6 Å². The van der Waals surface area contributed by atoms with Gasteiger partial charge in [0.25, 0.3) is 0 Å². The van der Waals surface area contributed by atoms with E-state index < -0.39 is 0 Å². The Hall–Kier alpha value is -1.88. The van der Waals surface area contributed by atoms with Crippen LogP contribution >= 0.6 is 12.4 Å². The number of carbonyl (C=O) groups excluding carboxylic acids is 1. The number of hydrogen-bond donors (Lipinski definition) is 2. The third-order valence-electron chi connectivity index (χ3n) is 4.27. The number of hydrogen-bond acceptors (Lipinski definition) is 3. The van der Waals surface area contributed by atoms with Crippen molar-refractivity contribution in [3.63, 3.8) is 0 Å². The van der Waals surface area contributed by atoms with Gasteiger partial charge in [0, 0.05) is 24.5 Å². The van der Waals surface area contributed by atoms with E-state index in [1.165, 1.54) is 12.8 Å². The number of H-pyrrole nitrogens is 1. The molecule has 124 valence electrons. The van der Waals surface area contributed by atoms with Crippen LogP contribution in [0.15, 0.2) is 23.3 Å². The van der Waals surface area contributed by atoms with Crippen molar-refractivity contribution in [2.45, 2.75) is 51.4 Å². The molecule has 0 bridgehead atoms. The van der Waals surface area contributed by atoms with Crippen LogP contribution in [-0.2, 0) is 16.6 Å². The second-order valence-corrected chi connectivity index (χ2v) is 6.26. The molecule has 1 atom stereocenters. The number of aromatic nitrogens is 2. The quantitative estimate of drug-likeness (QED) is 0.822. The van der Waals surface area contributed by atoms with E-state index >= 15 is 0 Å². The van der Waals surface area contributed by atoms with Gasteiger partial charge in [0.15, 0.2) is 0 Å². The summed E-state index contributed by atoms with van der Waals surface area (Å²) in [7, 11) is 0. The zero-order valence-corrected chi connectivity index (χ0v) is 14.4. The summed E-state index contributed by atoms with van der Waals surface area (Å²) in [5, 5.41) is 3.97. The fraction of sp³-hybridized carbons (Fsp3) is 0.471. The summed E-state index contributed by atoms with van der Waals surface area (Å²) in [6.45, 7) is 4.24. The first-order chi connectivity index (χ1) is 10.6. The van der Waals surface area contributed by atoms with Gasteiger partial charge in [0.1, 0.15) is 5.82 Å². The van der Waals surface area contributed by atoms with Gasteiger partial charge in [-0.25, -0.2) is 10.4 Å². The smallest absolute Gasteiger partial charge is 0.241 e. The largest absolute Gasteiger partial charge is 0.342 e. The first-order valence-corrected chi connectivity index (χ1v) is 7.93. The number of halogens is 1. The van der Waals surface area contributed by atoms with Crippen LogP contribution in [0.5, 0.6) is 0 Å². The SMILES string of the molecule is CCCCCc1nc2ccc(C3(C)C=NNC(=O)C3)cc2[nH]1.Cl. The number of nitrogens with one attached hydrogen (secondary N) is 2. The van der Waals surface area contributed by atoms with Crippen molar-refractivity contribution >= 4 is 35.6 Å². The summed E-state index contributed by atoms with van der Waals surface area (Å²) >= 11 is 0. The van der Waals surface area contributed by atoms with E-state index in [9.17, 15) is 4.79 Å². The van der Waals surface area contributed by atoms with Crippen LogP contribution in [0.4, 0.5) is 0 Å². The lowest BCUT2D eigenvalue weighted by Gasteiger charge is -2.27. The van der Waals surface area contributed by atoms with E-state index in [0.717, 1.165) is 35.3 Å². The van der Waals surface area contributed by atoms with Crippen molar-refractivity contribution in [2.75, 3.05) is 0 Å². The number of aryl methyl sites for hydroxylation is 1. The Balaban J connectivity index is 0.00000192. The van der Waals surface area contributed by atoms with Crippen LogP contribution in [0.2, 0.25) is 0 Å². The molecule has 1 aliphatic rings. The molecule has 0 spiro atoms. The number of amides is 1. The van der Waals surface area contributed by atoms with Crippen molar-refractivity contribution in [1.82, 2.24) is 15.4 Å². The van der Waals surface area contributed by atoms with E-state index in [1.54, 1.807) is 0 Å². The molecular weight excluding hydrogens is 312 g/mol. The maximum atomic E-state index is 11.6. The zero-order valence-electron chi connectivity index (χ0n) is 13.6. The highest BCUT2D eigenvalue weighted by Crippen LogP contribution is 2.29. The van der Waals surface area contributed by atoms with Crippen LogP contribution in [0, 0.1) is 0 Å². The molecule has 2 heterocycles. The molecule has 3 rings (SSSR count). The zero-order chi connectivity index (χ0) is 15.6. The highest BCUT2D eigenvalue weighted by atomic mass is 35.5. The molecule has 2 aromatic rings. The van der Waals surface area contributed by atoms with Gasteiger partial charge < -0.3 is 4.98 Å². The molecule has 0 fully saturated rings. The van der Waals surface area contributed by atoms with Gasteiger partial charge in [0.05, 0.1) is 11.0 Å². The Labute approximate surface area is 142 Å². The number of hydrazone groups is 1. The first kappa shape index (κ1) is 17.5. The van der Waals surface area contributed by atoms with Crippen molar-refractivity contribution in [2.24, 2.45) is 5.10 Å². The molecule has 0 saturated carbocycles. The van der Waals surface area contributed by atoms with E-state index in [0.29, 0.717) is 6.42 Å². The van der Waals surface area contributed by atoms with Crippen LogP contribution < -0.4 is 5.43 Å². The van der Waals surface area contributed by atoms with E-state index in [4.69, 9.17) is 0 Å². The van der Waals surface area contributed by atoms with Gasteiger partial charge in [-0.05, 0) is 31.0 Å². The van der Waals surface area contributed by atoms with Crippen LogP contribution in [0.25, 0.3) is 11.0 Å². The standard InChI is InChI=1S/C17H22N4O.ClH/c1-3-4-5-6-15-19-13-8-7-12(9-14(13)20-15)17(2)10-16(22)21-18-11-17;/h7-9,11H,3-6,10H2,1-2H3,(H,19,20)(H,21,22);1H.